The topological polar surface area (TPSA) is 3.88 Å². The van der Waals surface area contributed by atoms with Gasteiger partial charge in [-0.05, 0) is 54.1 Å². The van der Waals surface area contributed by atoms with Crippen LogP contribution in [0.1, 0.15) is 26.4 Å². The predicted octanol–water partition coefficient (Wildman–Crippen LogP) is 4.37. The molecule has 0 unspecified atom stereocenters. The number of benzene rings is 2. The molecule has 1 aliphatic carbocycles. The van der Waals surface area contributed by atoms with E-state index in [0.717, 1.165) is 12.1 Å². The lowest BCUT2D eigenvalue weighted by Gasteiger charge is -2.11. The van der Waals surface area contributed by atoms with Crippen molar-refractivity contribution >= 4 is 0 Å². The smallest absolute Gasteiger partial charge is 0.201 e. The van der Waals surface area contributed by atoms with Crippen LogP contribution in [-0.2, 0) is 13.5 Å². The maximum atomic E-state index is 7.62. The molecule has 0 atom stereocenters. The molecule has 108 valence electrons. The molecule has 3 aromatic rings. The van der Waals surface area contributed by atoms with Gasteiger partial charge in [-0.1, -0.05) is 36.4 Å². The van der Waals surface area contributed by atoms with Crippen LogP contribution in [0, 0.1) is 13.8 Å². The molecule has 2 aromatic carbocycles. The summed E-state index contributed by atoms with van der Waals surface area (Å²) in [5.41, 5.74) is 9.13. The number of rotatable bonds is 1. The zero-order valence-electron chi connectivity index (χ0n) is 15.9. The van der Waals surface area contributed by atoms with Gasteiger partial charge in [-0.3, -0.25) is 0 Å². The van der Waals surface area contributed by atoms with E-state index in [-0.39, 0.29) is 0 Å². The molecule has 1 heteroatoms. The molecular weight excluding hydrogens is 266 g/mol. The Balaban J connectivity index is 1.91. The van der Waals surface area contributed by atoms with Crippen molar-refractivity contribution in [2.75, 3.05) is 0 Å². The Morgan fingerprint density at radius 1 is 1.00 bits per heavy atom. The normalized spacial score (nSPS) is 14.7. The Morgan fingerprint density at radius 3 is 2.68 bits per heavy atom. The van der Waals surface area contributed by atoms with Gasteiger partial charge in [-0.15, -0.1) is 0 Å². The largest absolute Gasteiger partial charge is 0.212 e. The molecule has 1 aliphatic rings. The molecule has 0 spiro atoms. The quantitative estimate of drug-likeness (QED) is 0.458. The van der Waals surface area contributed by atoms with Crippen molar-refractivity contribution in [2.45, 2.75) is 20.2 Å². The van der Waals surface area contributed by atoms with Crippen molar-refractivity contribution in [2.24, 2.45) is 7.05 Å². The second-order valence-electron chi connectivity index (χ2n) is 6.03. The van der Waals surface area contributed by atoms with E-state index in [0.29, 0.717) is 5.56 Å². The van der Waals surface area contributed by atoms with Gasteiger partial charge in [0.25, 0.3) is 0 Å². The summed E-state index contributed by atoms with van der Waals surface area (Å²) in [5.74, 6) is 0. The minimum Gasteiger partial charge on any atom is -0.201 e. The molecule has 0 amide bonds. The third kappa shape index (κ3) is 1.89. The van der Waals surface area contributed by atoms with Crippen LogP contribution in [0.5, 0.6) is 0 Å². The molecule has 0 aliphatic heterocycles. The van der Waals surface area contributed by atoms with E-state index in [1.54, 1.807) is 12.3 Å². The first kappa shape index (κ1) is 10.3. The fraction of sp³-hybridized carbons (Fsp3) is 0.190. The highest BCUT2D eigenvalue weighted by Crippen LogP contribution is 2.42. The van der Waals surface area contributed by atoms with Crippen molar-refractivity contribution in [1.82, 2.24) is 0 Å². The summed E-state index contributed by atoms with van der Waals surface area (Å²) in [7, 11) is 1.92. The van der Waals surface area contributed by atoms with Crippen LogP contribution < -0.4 is 4.57 Å². The summed E-state index contributed by atoms with van der Waals surface area (Å²) in [6, 6.07) is 16.6. The first-order chi connectivity index (χ1) is 11.9. The van der Waals surface area contributed by atoms with Crippen molar-refractivity contribution in [1.29, 1.82) is 0 Å². The van der Waals surface area contributed by atoms with Crippen LogP contribution in [0.2, 0.25) is 0 Å². The van der Waals surface area contributed by atoms with Gasteiger partial charge in [0.1, 0.15) is 7.05 Å². The van der Waals surface area contributed by atoms with Gasteiger partial charge in [0.05, 0.1) is 5.56 Å². The number of hydrogen-bond donors (Lipinski definition) is 0. The van der Waals surface area contributed by atoms with Crippen LogP contribution >= 0.6 is 0 Å². The molecular formula is C21H20N+. The Hall–Kier alpha value is -2.41. The van der Waals surface area contributed by atoms with Crippen LogP contribution in [0.4, 0.5) is 0 Å². The van der Waals surface area contributed by atoms with E-state index < -0.39 is 6.85 Å². The zero-order chi connectivity index (χ0) is 17.8. The zero-order valence-corrected chi connectivity index (χ0v) is 12.9. The SMILES string of the molecule is [2H]C([2H])([2H])c1ccc(-c2c(C)ccc3c2Cc2ccccc2-3)[n+](C)c1. The lowest BCUT2D eigenvalue weighted by Crippen LogP contribution is -2.31. The molecule has 0 N–H and O–H groups in total. The number of hydrogen-bond acceptors (Lipinski definition) is 0. The molecule has 1 aromatic heterocycles. The predicted molar refractivity (Wildman–Crippen MR) is 90.8 cm³/mol. The first-order valence-corrected chi connectivity index (χ1v) is 7.57. The van der Waals surface area contributed by atoms with Crippen molar-refractivity contribution < 1.29 is 8.68 Å². The molecule has 0 saturated carbocycles. The number of aromatic nitrogens is 1. The highest BCUT2D eigenvalue weighted by molar-refractivity contribution is 5.84. The highest BCUT2D eigenvalue weighted by Gasteiger charge is 2.25. The maximum absolute atomic E-state index is 7.62. The third-order valence-electron chi connectivity index (χ3n) is 4.59. The number of aryl methyl sites for hydroxylation is 3. The van der Waals surface area contributed by atoms with Gasteiger partial charge < -0.3 is 0 Å². The van der Waals surface area contributed by atoms with Crippen LogP contribution in [0.15, 0.2) is 54.7 Å². The second-order valence-corrected chi connectivity index (χ2v) is 6.03. The molecule has 0 fully saturated rings. The average Bonchev–Trinajstić information content (AvgIpc) is 2.93. The maximum Gasteiger partial charge on any atom is 0.212 e. The first-order valence-electron chi connectivity index (χ1n) is 9.07. The molecule has 1 heterocycles. The lowest BCUT2D eigenvalue weighted by molar-refractivity contribution is -0.660. The van der Waals surface area contributed by atoms with Gasteiger partial charge in [-0.25, -0.2) is 4.57 Å². The van der Waals surface area contributed by atoms with E-state index in [9.17, 15) is 0 Å². The number of fused-ring (bicyclic) bond motifs is 3. The summed E-state index contributed by atoms with van der Waals surface area (Å²) in [5, 5.41) is 0. The van der Waals surface area contributed by atoms with Crippen molar-refractivity contribution in [3.8, 4) is 22.4 Å². The Kier molecular flexibility index (Phi) is 2.26. The van der Waals surface area contributed by atoms with Gasteiger partial charge in [0.2, 0.25) is 5.69 Å². The summed E-state index contributed by atoms with van der Waals surface area (Å²) in [6.07, 6.45) is 2.65. The summed E-state index contributed by atoms with van der Waals surface area (Å²) in [4.78, 5) is 0. The number of pyridine rings is 1. The van der Waals surface area contributed by atoms with Gasteiger partial charge in [0.15, 0.2) is 6.20 Å². The Labute approximate surface area is 136 Å². The van der Waals surface area contributed by atoms with Crippen molar-refractivity contribution in [3.63, 3.8) is 0 Å². The third-order valence-corrected chi connectivity index (χ3v) is 4.59. The second kappa shape index (κ2) is 4.81. The summed E-state index contributed by atoms with van der Waals surface area (Å²) in [6.45, 7) is 0.0382. The summed E-state index contributed by atoms with van der Waals surface area (Å²) >= 11 is 0. The lowest BCUT2D eigenvalue weighted by atomic mass is 9.94. The van der Waals surface area contributed by atoms with Crippen LogP contribution in [-0.4, -0.2) is 0 Å². The Bertz CT molecular complexity index is 987. The monoisotopic (exact) mass is 289 g/mol. The van der Waals surface area contributed by atoms with Gasteiger partial charge in [0, 0.05) is 15.7 Å². The van der Waals surface area contributed by atoms with Gasteiger partial charge in [-0.2, -0.15) is 0 Å². The van der Waals surface area contributed by atoms with Crippen LogP contribution in [0.25, 0.3) is 22.4 Å². The van der Waals surface area contributed by atoms with E-state index in [2.05, 4.69) is 43.3 Å². The van der Waals surface area contributed by atoms with E-state index >= 15 is 0 Å². The fourth-order valence-electron chi connectivity index (χ4n) is 3.55. The molecule has 0 bridgehead atoms. The molecule has 0 radical (unpaired) electrons. The molecule has 22 heavy (non-hydrogen) atoms. The fourth-order valence-corrected chi connectivity index (χ4v) is 3.55. The number of nitrogens with zero attached hydrogens (tertiary/aromatic N) is 1. The standard InChI is InChI=1S/C21H20N/c1-14-8-11-20(22(3)13-14)21-15(2)9-10-18-17-7-5-4-6-16(17)12-19(18)21/h4-11,13H,12H2,1-3H3/q+1/i1D3. The molecule has 4 rings (SSSR count). The molecule has 0 saturated heterocycles. The van der Waals surface area contributed by atoms with Gasteiger partial charge >= 0.3 is 0 Å². The average molecular weight is 289 g/mol. The minimum atomic E-state index is -2.08. The summed E-state index contributed by atoms with van der Waals surface area (Å²) < 4.78 is 24.8. The minimum absolute atomic E-state index is 0.368. The van der Waals surface area contributed by atoms with E-state index in [1.165, 1.54) is 33.4 Å². The van der Waals surface area contributed by atoms with Crippen LogP contribution in [0.3, 0.4) is 0 Å². The van der Waals surface area contributed by atoms with E-state index in [1.807, 2.05) is 17.7 Å². The highest BCUT2D eigenvalue weighted by atomic mass is 14.9. The molecule has 1 nitrogen and oxygen atoms in total. The van der Waals surface area contributed by atoms with Crippen molar-refractivity contribution in [3.05, 3.63) is 77.0 Å². The Morgan fingerprint density at radius 2 is 1.86 bits per heavy atom. The van der Waals surface area contributed by atoms with E-state index in [4.69, 9.17) is 4.11 Å².